The smallest absolute Gasteiger partial charge is 0.292 e. The monoisotopic (exact) mass is 295 g/mol. The summed E-state index contributed by atoms with van der Waals surface area (Å²) in [5, 5.41) is 16.5. The van der Waals surface area contributed by atoms with Crippen LogP contribution in [-0.2, 0) is 4.74 Å². The molecular weight excluding hydrogens is 274 g/mol. The molecule has 0 fully saturated rings. The van der Waals surface area contributed by atoms with Crippen LogP contribution in [0.15, 0.2) is 18.2 Å². The minimum absolute atomic E-state index is 0.0443. The minimum Gasteiger partial charge on any atom is -0.381 e. The van der Waals surface area contributed by atoms with Gasteiger partial charge in [0.15, 0.2) is 0 Å². The highest BCUT2D eigenvalue weighted by atomic mass is 16.6. The van der Waals surface area contributed by atoms with Crippen molar-refractivity contribution in [3.8, 4) is 0 Å². The number of carbonyl (C=O) groups excluding carboxylic acids is 1. The van der Waals surface area contributed by atoms with Crippen LogP contribution < -0.4 is 10.6 Å². The van der Waals surface area contributed by atoms with E-state index in [0.29, 0.717) is 31.0 Å². The minimum atomic E-state index is -0.469. The second kappa shape index (κ2) is 8.91. The number of nitrogens with one attached hydrogen (secondary N) is 2. The molecule has 1 rings (SSSR count). The van der Waals surface area contributed by atoms with Gasteiger partial charge in [0.25, 0.3) is 11.6 Å². The first kappa shape index (κ1) is 16.9. The van der Waals surface area contributed by atoms with Gasteiger partial charge in [-0.05, 0) is 25.0 Å². The van der Waals surface area contributed by atoms with Crippen molar-refractivity contribution in [2.45, 2.75) is 19.8 Å². The van der Waals surface area contributed by atoms with Crippen LogP contribution in [0.2, 0.25) is 0 Å². The highest BCUT2D eigenvalue weighted by molar-refractivity contribution is 5.95. The normalized spacial score (nSPS) is 10.2. The maximum atomic E-state index is 11.6. The quantitative estimate of drug-likeness (QED) is 0.414. The van der Waals surface area contributed by atoms with Gasteiger partial charge in [0, 0.05) is 38.4 Å². The highest BCUT2D eigenvalue weighted by Crippen LogP contribution is 2.25. The standard InChI is InChI=1S/C14H21N3O4/c1-3-8-21-9-4-7-16-12-10-11(14(18)15-2)5-6-13(12)17(19)20/h5-6,10,16H,3-4,7-9H2,1-2H3,(H,15,18). The average Bonchev–Trinajstić information content (AvgIpc) is 2.49. The van der Waals surface area contributed by atoms with Crippen LogP contribution in [0.4, 0.5) is 11.4 Å². The Morgan fingerprint density at radius 1 is 1.38 bits per heavy atom. The molecule has 7 nitrogen and oxygen atoms in total. The lowest BCUT2D eigenvalue weighted by molar-refractivity contribution is -0.384. The number of hydrogen-bond acceptors (Lipinski definition) is 5. The number of rotatable bonds is 9. The molecule has 0 aromatic heterocycles. The van der Waals surface area contributed by atoms with Gasteiger partial charge < -0.3 is 15.4 Å². The molecule has 1 aromatic rings. The number of amides is 1. The number of hydrogen-bond donors (Lipinski definition) is 2. The van der Waals surface area contributed by atoms with Crippen molar-refractivity contribution in [3.63, 3.8) is 0 Å². The van der Waals surface area contributed by atoms with Gasteiger partial charge in [-0.25, -0.2) is 0 Å². The average molecular weight is 295 g/mol. The Morgan fingerprint density at radius 3 is 2.76 bits per heavy atom. The Morgan fingerprint density at radius 2 is 2.14 bits per heavy atom. The molecule has 0 saturated carbocycles. The third kappa shape index (κ3) is 5.39. The van der Waals surface area contributed by atoms with Gasteiger partial charge in [0.05, 0.1) is 4.92 Å². The summed E-state index contributed by atoms with van der Waals surface area (Å²) in [5.74, 6) is -0.278. The number of nitro groups is 1. The zero-order chi connectivity index (χ0) is 15.7. The Bertz CT molecular complexity index is 491. The second-order valence-corrected chi connectivity index (χ2v) is 4.46. The van der Waals surface area contributed by atoms with Crippen LogP contribution in [0.5, 0.6) is 0 Å². The summed E-state index contributed by atoms with van der Waals surface area (Å²) in [5.41, 5.74) is 0.682. The summed E-state index contributed by atoms with van der Waals surface area (Å²) in [6.07, 6.45) is 1.70. The zero-order valence-electron chi connectivity index (χ0n) is 12.3. The first-order valence-corrected chi connectivity index (χ1v) is 6.92. The third-order valence-corrected chi connectivity index (χ3v) is 2.81. The van der Waals surface area contributed by atoms with E-state index in [1.54, 1.807) is 0 Å². The first-order valence-electron chi connectivity index (χ1n) is 6.92. The number of benzene rings is 1. The number of anilines is 1. The summed E-state index contributed by atoms with van der Waals surface area (Å²) in [4.78, 5) is 22.1. The van der Waals surface area contributed by atoms with E-state index in [1.807, 2.05) is 6.92 Å². The fourth-order valence-corrected chi connectivity index (χ4v) is 1.77. The van der Waals surface area contributed by atoms with Gasteiger partial charge in [-0.15, -0.1) is 0 Å². The molecule has 0 saturated heterocycles. The SMILES string of the molecule is CCCOCCCNc1cc(C(=O)NC)ccc1[N+](=O)[O-]. The molecule has 0 aliphatic rings. The molecule has 0 aliphatic heterocycles. The highest BCUT2D eigenvalue weighted by Gasteiger charge is 2.15. The lowest BCUT2D eigenvalue weighted by atomic mass is 10.1. The summed E-state index contributed by atoms with van der Waals surface area (Å²) in [6.45, 7) is 3.89. The lowest BCUT2D eigenvalue weighted by Crippen LogP contribution is -2.18. The molecular formula is C14H21N3O4. The van der Waals surface area contributed by atoms with E-state index in [1.165, 1.54) is 25.2 Å². The summed E-state index contributed by atoms with van der Waals surface area (Å²) in [7, 11) is 1.52. The third-order valence-electron chi connectivity index (χ3n) is 2.81. The number of nitrogens with zero attached hydrogens (tertiary/aromatic N) is 1. The van der Waals surface area contributed by atoms with Crippen LogP contribution in [0, 0.1) is 10.1 Å². The van der Waals surface area contributed by atoms with Gasteiger partial charge in [-0.1, -0.05) is 6.92 Å². The lowest BCUT2D eigenvalue weighted by Gasteiger charge is -2.09. The van der Waals surface area contributed by atoms with Crippen LogP contribution in [0.1, 0.15) is 30.1 Å². The summed E-state index contributed by atoms with van der Waals surface area (Å²) in [6, 6.07) is 4.26. The van der Waals surface area contributed by atoms with Crippen LogP contribution in [-0.4, -0.2) is 37.6 Å². The van der Waals surface area contributed by atoms with Gasteiger partial charge in [-0.2, -0.15) is 0 Å². The number of ether oxygens (including phenoxy) is 1. The molecule has 0 bridgehead atoms. The predicted octanol–water partition coefficient (Wildman–Crippen LogP) is 2.18. The molecule has 0 heterocycles. The van der Waals surface area contributed by atoms with E-state index in [-0.39, 0.29) is 11.6 Å². The van der Waals surface area contributed by atoms with E-state index in [0.717, 1.165) is 12.8 Å². The van der Waals surface area contributed by atoms with Gasteiger partial charge in [-0.3, -0.25) is 14.9 Å². The van der Waals surface area contributed by atoms with Crippen molar-refractivity contribution >= 4 is 17.3 Å². The van der Waals surface area contributed by atoms with Crippen LogP contribution >= 0.6 is 0 Å². The van der Waals surface area contributed by atoms with E-state index < -0.39 is 4.92 Å². The Balaban J connectivity index is 2.68. The van der Waals surface area contributed by atoms with Gasteiger partial charge in [0.2, 0.25) is 0 Å². The second-order valence-electron chi connectivity index (χ2n) is 4.46. The van der Waals surface area contributed by atoms with Crippen molar-refractivity contribution in [1.29, 1.82) is 0 Å². The molecule has 0 spiro atoms. The van der Waals surface area contributed by atoms with Gasteiger partial charge >= 0.3 is 0 Å². The maximum Gasteiger partial charge on any atom is 0.292 e. The fourth-order valence-electron chi connectivity index (χ4n) is 1.77. The molecule has 0 atom stereocenters. The molecule has 0 unspecified atom stereocenters. The Kier molecular flexibility index (Phi) is 7.17. The fraction of sp³-hybridized carbons (Fsp3) is 0.500. The van der Waals surface area contributed by atoms with E-state index >= 15 is 0 Å². The molecule has 0 aliphatic carbocycles. The maximum absolute atomic E-state index is 11.6. The van der Waals surface area contributed by atoms with Crippen molar-refractivity contribution in [2.24, 2.45) is 0 Å². The summed E-state index contributed by atoms with van der Waals surface area (Å²) >= 11 is 0. The zero-order valence-corrected chi connectivity index (χ0v) is 12.3. The molecule has 7 heteroatoms. The largest absolute Gasteiger partial charge is 0.381 e. The van der Waals surface area contributed by atoms with Crippen LogP contribution in [0.3, 0.4) is 0 Å². The number of nitro benzene ring substituents is 1. The van der Waals surface area contributed by atoms with Crippen molar-refractivity contribution in [3.05, 3.63) is 33.9 Å². The van der Waals surface area contributed by atoms with E-state index in [9.17, 15) is 14.9 Å². The van der Waals surface area contributed by atoms with Crippen molar-refractivity contribution in [1.82, 2.24) is 5.32 Å². The molecule has 2 N–H and O–H groups in total. The molecule has 1 aromatic carbocycles. The van der Waals surface area contributed by atoms with E-state index in [4.69, 9.17) is 4.74 Å². The molecule has 21 heavy (non-hydrogen) atoms. The predicted molar refractivity (Wildman–Crippen MR) is 80.7 cm³/mol. The molecule has 116 valence electrons. The first-order chi connectivity index (χ1) is 10.1. The van der Waals surface area contributed by atoms with Crippen molar-refractivity contribution < 1.29 is 14.5 Å². The summed E-state index contributed by atoms with van der Waals surface area (Å²) < 4.78 is 5.34. The topological polar surface area (TPSA) is 93.5 Å². The van der Waals surface area contributed by atoms with Gasteiger partial charge in [0.1, 0.15) is 5.69 Å². The van der Waals surface area contributed by atoms with Crippen molar-refractivity contribution in [2.75, 3.05) is 32.1 Å². The Labute approximate surface area is 123 Å². The van der Waals surface area contributed by atoms with E-state index in [2.05, 4.69) is 10.6 Å². The number of carbonyl (C=O) groups is 1. The molecule has 0 radical (unpaired) electrons. The Hall–Kier alpha value is -2.15. The molecule has 1 amide bonds. The van der Waals surface area contributed by atoms with Crippen LogP contribution in [0.25, 0.3) is 0 Å².